The minimum absolute atomic E-state index is 0.0596. The molecule has 0 aromatic heterocycles. The lowest BCUT2D eigenvalue weighted by Gasteiger charge is -2.38. The predicted octanol–water partition coefficient (Wildman–Crippen LogP) is 2.81. The minimum atomic E-state index is -0.370. The molecule has 182 valence electrons. The number of nitrogens with zero attached hydrogens (tertiary/aromatic N) is 2. The molecule has 0 bridgehead atoms. The molecule has 4 rings (SSSR count). The highest BCUT2D eigenvalue weighted by Crippen LogP contribution is 2.32. The fourth-order valence-electron chi connectivity index (χ4n) is 5.02. The minimum Gasteiger partial charge on any atom is -0.356 e. The van der Waals surface area contributed by atoms with Crippen molar-refractivity contribution in [2.75, 3.05) is 24.6 Å². The van der Waals surface area contributed by atoms with Crippen LogP contribution in [0, 0.1) is 17.8 Å². The summed E-state index contributed by atoms with van der Waals surface area (Å²) in [7, 11) is 0. The van der Waals surface area contributed by atoms with E-state index in [0.29, 0.717) is 56.6 Å². The topological polar surface area (TPSA) is 98.8 Å². The van der Waals surface area contributed by atoms with E-state index in [9.17, 15) is 19.2 Å². The van der Waals surface area contributed by atoms with Gasteiger partial charge < -0.3 is 10.2 Å². The molecule has 8 nitrogen and oxygen atoms in total. The highest BCUT2D eigenvalue weighted by molar-refractivity contribution is 6.05. The molecule has 2 heterocycles. The van der Waals surface area contributed by atoms with E-state index < -0.39 is 0 Å². The largest absolute Gasteiger partial charge is 0.356 e. The lowest BCUT2D eigenvalue weighted by molar-refractivity contribution is -0.140. The third kappa shape index (κ3) is 5.16. The fraction of sp³-hybridized carbons (Fsp3) is 0.538. The number of piperidine rings is 1. The van der Waals surface area contributed by atoms with E-state index in [1.54, 1.807) is 29.2 Å². The van der Waals surface area contributed by atoms with Crippen molar-refractivity contribution in [1.82, 2.24) is 15.6 Å². The Labute approximate surface area is 200 Å². The molecule has 2 atom stereocenters. The van der Waals surface area contributed by atoms with Crippen LogP contribution in [0.4, 0.5) is 5.69 Å². The number of allylic oxidation sites excluding steroid dienone is 2. The number of amides is 4. The highest BCUT2D eigenvalue weighted by atomic mass is 16.2. The van der Waals surface area contributed by atoms with Crippen molar-refractivity contribution in [2.45, 2.75) is 51.9 Å². The maximum absolute atomic E-state index is 13.2. The number of rotatable bonds is 7. The quantitative estimate of drug-likeness (QED) is 0.477. The zero-order chi connectivity index (χ0) is 24.1. The molecular weight excluding hydrogens is 432 g/mol. The number of carbonyl (C=O) groups excluding carboxylic acids is 4. The molecule has 2 saturated heterocycles. The van der Waals surface area contributed by atoms with Crippen molar-refractivity contribution in [3.63, 3.8) is 0 Å². The molecule has 2 unspecified atom stereocenters. The van der Waals surface area contributed by atoms with E-state index >= 15 is 0 Å². The molecule has 0 radical (unpaired) electrons. The fourth-order valence-corrected chi connectivity index (χ4v) is 5.02. The van der Waals surface area contributed by atoms with E-state index in [1.165, 1.54) is 5.01 Å². The molecule has 8 heteroatoms. The molecule has 2 aliphatic heterocycles. The van der Waals surface area contributed by atoms with Gasteiger partial charge in [-0.2, -0.15) is 0 Å². The van der Waals surface area contributed by atoms with Gasteiger partial charge in [-0.25, -0.2) is 5.01 Å². The summed E-state index contributed by atoms with van der Waals surface area (Å²) in [5.74, 6) is -1.12. The van der Waals surface area contributed by atoms with Crippen molar-refractivity contribution in [3.05, 3.63) is 42.0 Å². The Kier molecular flexibility index (Phi) is 7.65. The SMILES string of the molecule is CCCCCNC(=O)C1CCN(C(=O)c2cccc(N3NC(=O)C4CC=CCC4C3=O)c2)CC1. The number of unbranched alkanes of at least 4 members (excludes halogenated alkanes) is 2. The van der Waals surface area contributed by atoms with Gasteiger partial charge >= 0.3 is 0 Å². The molecule has 1 aromatic carbocycles. The van der Waals surface area contributed by atoms with E-state index in [-0.39, 0.29) is 41.4 Å². The van der Waals surface area contributed by atoms with E-state index in [4.69, 9.17) is 0 Å². The Bertz CT molecular complexity index is 967. The molecule has 34 heavy (non-hydrogen) atoms. The van der Waals surface area contributed by atoms with Crippen LogP contribution in [0.2, 0.25) is 0 Å². The number of carbonyl (C=O) groups is 4. The van der Waals surface area contributed by atoms with Gasteiger partial charge in [0.15, 0.2) is 0 Å². The second-order valence-electron chi connectivity index (χ2n) is 9.42. The van der Waals surface area contributed by atoms with Gasteiger partial charge in [0.1, 0.15) is 0 Å². The van der Waals surface area contributed by atoms with Crippen LogP contribution in [-0.4, -0.2) is 48.2 Å². The second-order valence-corrected chi connectivity index (χ2v) is 9.42. The van der Waals surface area contributed by atoms with Gasteiger partial charge in [0.05, 0.1) is 17.5 Å². The Morgan fingerprint density at radius 1 is 1.06 bits per heavy atom. The van der Waals surface area contributed by atoms with E-state index in [0.717, 1.165) is 19.3 Å². The zero-order valence-electron chi connectivity index (χ0n) is 19.8. The average Bonchev–Trinajstić information content (AvgIpc) is 2.88. The number of nitrogens with one attached hydrogen (secondary N) is 2. The van der Waals surface area contributed by atoms with Crippen molar-refractivity contribution in [2.24, 2.45) is 17.8 Å². The van der Waals surface area contributed by atoms with Crippen LogP contribution in [0.25, 0.3) is 0 Å². The van der Waals surface area contributed by atoms with Gasteiger partial charge in [-0.15, -0.1) is 0 Å². The summed E-state index contributed by atoms with van der Waals surface area (Å²) in [6.45, 7) is 3.88. The summed E-state index contributed by atoms with van der Waals surface area (Å²) in [5, 5.41) is 4.30. The third-order valence-electron chi connectivity index (χ3n) is 7.11. The van der Waals surface area contributed by atoms with Gasteiger partial charge in [-0.3, -0.25) is 24.6 Å². The normalized spacial score (nSPS) is 22.9. The van der Waals surface area contributed by atoms with Gasteiger partial charge in [0.2, 0.25) is 17.7 Å². The lowest BCUT2D eigenvalue weighted by atomic mass is 9.80. The van der Waals surface area contributed by atoms with Crippen LogP contribution in [0.5, 0.6) is 0 Å². The lowest BCUT2D eigenvalue weighted by Crippen LogP contribution is -2.59. The third-order valence-corrected chi connectivity index (χ3v) is 7.11. The number of hydrogen-bond donors (Lipinski definition) is 2. The number of benzene rings is 1. The van der Waals surface area contributed by atoms with Crippen LogP contribution in [0.1, 0.15) is 62.2 Å². The standard InChI is InChI=1S/C26H34N4O4/c1-2-3-6-14-27-23(31)18-12-15-29(16-13-18)25(33)19-8-7-9-20(17-19)30-26(34)22-11-5-4-10-21(22)24(32)28-30/h4-5,7-9,17-18,21-22H,2-3,6,10-16H2,1H3,(H,27,31)(H,28,32). The summed E-state index contributed by atoms with van der Waals surface area (Å²) in [4.78, 5) is 52.9. The maximum Gasteiger partial charge on any atom is 0.253 e. The molecule has 1 aliphatic carbocycles. The van der Waals surface area contributed by atoms with Crippen molar-refractivity contribution in [1.29, 1.82) is 0 Å². The van der Waals surface area contributed by atoms with Crippen LogP contribution < -0.4 is 15.8 Å². The molecule has 4 amide bonds. The smallest absolute Gasteiger partial charge is 0.253 e. The van der Waals surface area contributed by atoms with Gasteiger partial charge in [0, 0.05) is 31.1 Å². The van der Waals surface area contributed by atoms with Gasteiger partial charge in [-0.05, 0) is 50.3 Å². The van der Waals surface area contributed by atoms with Crippen molar-refractivity contribution in [3.8, 4) is 0 Å². The molecule has 3 aliphatic rings. The first-order valence-electron chi connectivity index (χ1n) is 12.5. The first-order chi connectivity index (χ1) is 16.5. The van der Waals surface area contributed by atoms with Crippen molar-refractivity contribution < 1.29 is 19.2 Å². The zero-order valence-corrected chi connectivity index (χ0v) is 19.8. The van der Waals surface area contributed by atoms with Crippen LogP contribution in [0.3, 0.4) is 0 Å². The summed E-state index contributed by atoms with van der Waals surface area (Å²) in [6, 6.07) is 6.83. The summed E-state index contributed by atoms with van der Waals surface area (Å²) in [6.07, 6.45) is 9.52. The first-order valence-corrected chi connectivity index (χ1v) is 12.5. The van der Waals surface area contributed by atoms with Crippen LogP contribution in [-0.2, 0) is 14.4 Å². The summed E-state index contributed by atoms with van der Waals surface area (Å²) < 4.78 is 0. The second kappa shape index (κ2) is 10.8. The number of likely N-dealkylation sites (tertiary alicyclic amines) is 1. The van der Waals surface area contributed by atoms with Crippen LogP contribution in [0.15, 0.2) is 36.4 Å². The van der Waals surface area contributed by atoms with E-state index in [2.05, 4.69) is 17.7 Å². The maximum atomic E-state index is 13.2. The van der Waals surface area contributed by atoms with Gasteiger partial charge in [0.25, 0.3) is 5.91 Å². The van der Waals surface area contributed by atoms with Crippen molar-refractivity contribution >= 4 is 29.3 Å². The van der Waals surface area contributed by atoms with E-state index in [1.807, 2.05) is 12.2 Å². The van der Waals surface area contributed by atoms with Crippen LogP contribution >= 0.6 is 0 Å². The highest BCUT2D eigenvalue weighted by Gasteiger charge is 2.42. The first kappa shape index (κ1) is 24.0. The summed E-state index contributed by atoms with van der Waals surface area (Å²) in [5.41, 5.74) is 3.66. The number of fused-ring (bicyclic) bond motifs is 1. The molecular formula is C26H34N4O4. The number of hydrogen-bond acceptors (Lipinski definition) is 4. The monoisotopic (exact) mass is 466 g/mol. The predicted molar refractivity (Wildman–Crippen MR) is 129 cm³/mol. The molecule has 2 N–H and O–H groups in total. The molecule has 0 spiro atoms. The number of hydrazine groups is 1. The Balaban J connectivity index is 1.36. The van der Waals surface area contributed by atoms with Gasteiger partial charge in [-0.1, -0.05) is 38.0 Å². The Morgan fingerprint density at radius 2 is 1.79 bits per heavy atom. The Morgan fingerprint density at radius 3 is 2.53 bits per heavy atom. The molecule has 0 saturated carbocycles. The summed E-state index contributed by atoms with van der Waals surface area (Å²) >= 11 is 0. The molecule has 1 aromatic rings. The number of anilines is 1. The molecule has 2 fully saturated rings. The Hall–Kier alpha value is -3.16. The average molecular weight is 467 g/mol.